The smallest absolute Gasteiger partial charge is 0.255 e. The Bertz CT molecular complexity index is 1080. The zero-order chi connectivity index (χ0) is 23.5. The van der Waals surface area contributed by atoms with Gasteiger partial charge in [0.05, 0.1) is 0 Å². The average Bonchev–Trinajstić information content (AvgIpc) is 2.83. The number of hydrogen-bond donors (Lipinski definition) is 2. The Labute approximate surface area is 194 Å². The van der Waals surface area contributed by atoms with Gasteiger partial charge in [-0.3, -0.25) is 9.59 Å². The molecule has 0 aromatic heterocycles. The molecule has 0 bridgehead atoms. The van der Waals surface area contributed by atoms with Gasteiger partial charge in [-0.1, -0.05) is 42.0 Å². The van der Waals surface area contributed by atoms with Crippen LogP contribution in [0.25, 0.3) is 0 Å². The first-order valence-electron chi connectivity index (χ1n) is 11.1. The molecule has 0 aliphatic heterocycles. The molecule has 3 rings (SSSR count). The molecule has 0 spiro atoms. The maximum Gasteiger partial charge on any atom is 0.255 e. The van der Waals surface area contributed by atoms with Crippen molar-refractivity contribution in [1.29, 1.82) is 0 Å². The van der Waals surface area contributed by atoms with Gasteiger partial charge in [-0.2, -0.15) is 0 Å². The highest BCUT2D eigenvalue weighted by atomic mass is 16.5. The zero-order valence-electron chi connectivity index (χ0n) is 19.1. The Morgan fingerprint density at radius 1 is 0.879 bits per heavy atom. The number of carbonyl (C=O) groups is 2. The third kappa shape index (κ3) is 7.77. The summed E-state index contributed by atoms with van der Waals surface area (Å²) in [6.07, 6.45) is 0.748. The highest BCUT2D eigenvalue weighted by Gasteiger charge is 2.10. The normalized spacial score (nSPS) is 10.5. The van der Waals surface area contributed by atoms with E-state index < -0.39 is 0 Å². The van der Waals surface area contributed by atoms with Crippen molar-refractivity contribution in [3.8, 4) is 5.75 Å². The largest absolute Gasteiger partial charge is 0.489 e. The second kappa shape index (κ2) is 12.4. The van der Waals surface area contributed by atoms with Crippen molar-refractivity contribution < 1.29 is 19.1 Å². The summed E-state index contributed by atoms with van der Waals surface area (Å²) in [5, 5.41) is 5.71. The van der Waals surface area contributed by atoms with E-state index in [0.29, 0.717) is 48.9 Å². The monoisotopic (exact) mass is 446 g/mol. The summed E-state index contributed by atoms with van der Waals surface area (Å²) in [4.78, 5) is 25.1. The minimum Gasteiger partial charge on any atom is -0.489 e. The van der Waals surface area contributed by atoms with Crippen molar-refractivity contribution in [2.45, 2.75) is 26.9 Å². The van der Waals surface area contributed by atoms with E-state index in [4.69, 9.17) is 9.47 Å². The van der Waals surface area contributed by atoms with Crippen molar-refractivity contribution in [3.05, 3.63) is 95.1 Å². The second-order valence-corrected chi connectivity index (χ2v) is 7.65. The van der Waals surface area contributed by atoms with Gasteiger partial charge < -0.3 is 20.1 Å². The predicted octanol–water partition coefficient (Wildman–Crippen LogP) is 4.98. The molecule has 0 saturated carbocycles. The van der Waals surface area contributed by atoms with E-state index in [0.717, 1.165) is 12.0 Å². The summed E-state index contributed by atoms with van der Waals surface area (Å²) in [6.45, 7) is 6.21. The Morgan fingerprint density at radius 3 is 2.42 bits per heavy atom. The third-order valence-electron chi connectivity index (χ3n) is 4.92. The van der Waals surface area contributed by atoms with Crippen LogP contribution in [0.1, 0.15) is 45.2 Å². The maximum absolute atomic E-state index is 12.8. The molecule has 0 aliphatic carbocycles. The van der Waals surface area contributed by atoms with Crippen LogP contribution in [0.4, 0.5) is 5.69 Å². The van der Waals surface area contributed by atoms with Gasteiger partial charge in [-0.25, -0.2) is 0 Å². The lowest BCUT2D eigenvalue weighted by atomic mass is 10.1. The molecule has 0 fully saturated rings. The zero-order valence-corrected chi connectivity index (χ0v) is 19.1. The lowest BCUT2D eigenvalue weighted by Gasteiger charge is -2.10. The SMILES string of the molecule is CCOCCCNC(=O)c1cccc(NC(=O)c2cccc(OCc3cccc(C)c3)c2)c1. The number of carbonyl (C=O) groups excluding carboxylic acids is 2. The Morgan fingerprint density at radius 2 is 1.64 bits per heavy atom. The van der Waals surface area contributed by atoms with Crippen LogP contribution in [0.3, 0.4) is 0 Å². The van der Waals surface area contributed by atoms with Gasteiger partial charge in [-0.15, -0.1) is 0 Å². The minimum atomic E-state index is -0.273. The van der Waals surface area contributed by atoms with Crippen molar-refractivity contribution >= 4 is 17.5 Å². The van der Waals surface area contributed by atoms with Gasteiger partial charge in [0.15, 0.2) is 0 Å². The summed E-state index contributed by atoms with van der Waals surface area (Å²) in [7, 11) is 0. The number of anilines is 1. The lowest BCUT2D eigenvalue weighted by Crippen LogP contribution is -2.25. The van der Waals surface area contributed by atoms with E-state index in [1.165, 1.54) is 5.56 Å². The molecule has 0 saturated heterocycles. The van der Waals surface area contributed by atoms with Crippen LogP contribution in [-0.2, 0) is 11.3 Å². The number of hydrogen-bond acceptors (Lipinski definition) is 4. The first-order chi connectivity index (χ1) is 16.0. The Kier molecular flexibility index (Phi) is 9.03. The molecule has 2 amide bonds. The quantitative estimate of drug-likeness (QED) is 0.407. The van der Waals surface area contributed by atoms with Crippen LogP contribution in [0.5, 0.6) is 5.75 Å². The minimum absolute atomic E-state index is 0.186. The van der Waals surface area contributed by atoms with Crippen molar-refractivity contribution in [2.24, 2.45) is 0 Å². The highest BCUT2D eigenvalue weighted by molar-refractivity contribution is 6.05. The summed E-state index contributed by atoms with van der Waals surface area (Å²) < 4.78 is 11.1. The van der Waals surface area contributed by atoms with E-state index in [1.54, 1.807) is 42.5 Å². The van der Waals surface area contributed by atoms with Crippen LogP contribution in [0.15, 0.2) is 72.8 Å². The van der Waals surface area contributed by atoms with E-state index in [9.17, 15) is 9.59 Å². The first-order valence-corrected chi connectivity index (χ1v) is 11.1. The predicted molar refractivity (Wildman–Crippen MR) is 130 cm³/mol. The average molecular weight is 447 g/mol. The molecule has 6 nitrogen and oxygen atoms in total. The molecule has 0 aliphatic rings. The van der Waals surface area contributed by atoms with Crippen LogP contribution in [-0.4, -0.2) is 31.6 Å². The Hall–Kier alpha value is -3.64. The van der Waals surface area contributed by atoms with Gasteiger partial charge >= 0.3 is 0 Å². The van der Waals surface area contributed by atoms with Crippen LogP contribution in [0.2, 0.25) is 0 Å². The number of aryl methyl sites for hydroxylation is 1. The molecule has 6 heteroatoms. The van der Waals surface area contributed by atoms with E-state index in [1.807, 2.05) is 38.1 Å². The van der Waals surface area contributed by atoms with Crippen LogP contribution < -0.4 is 15.4 Å². The van der Waals surface area contributed by atoms with E-state index in [-0.39, 0.29) is 11.8 Å². The second-order valence-electron chi connectivity index (χ2n) is 7.65. The van der Waals surface area contributed by atoms with Crippen LogP contribution in [0, 0.1) is 6.92 Å². The fraction of sp³-hybridized carbons (Fsp3) is 0.259. The summed E-state index contributed by atoms with van der Waals surface area (Å²) in [6, 6.07) is 22.0. The molecule has 33 heavy (non-hydrogen) atoms. The van der Waals surface area contributed by atoms with Gasteiger partial charge in [0.2, 0.25) is 0 Å². The highest BCUT2D eigenvalue weighted by Crippen LogP contribution is 2.18. The molecule has 3 aromatic rings. The summed E-state index contributed by atoms with van der Waals surface area (Å²) >= 11 is 0. The van der Waals surface area contributed by atoms with Crippen LogP contribution >= 0.6 is 0 Å². The molecule has 0 unspecified atom stereocenters. The lowest BCUT2D eigenvalue weighted by molar-refractivity contribution is 0.0943. The molecule has 0 radical (unpaired) electrons. The van der Waals surface area contributed by atoms with Crippen molar-refractivity contribution in [1.82, 2.24) is 5.32 Å². The molecule has 0 heterocycles. The fourth-order valence-corrected chi connectivity index (χ4v) is 3.26. The molecular weight excluding hydrogens is 416 g/mol. The third-order valence-corrected chi connectivity index (χ3v) is 4.92. The van der Waals surface area contributed by atoms with Crippen molar-refractivity contribution in [3.63, 3.8) is 0 Å². The Balaban J connectivity index is 1.57. The topological polar surface area (TPSA) is 76.7 Å². The summed E-state index contributed by atoms with van der Waals surface area (Å²) in [5.74, 6) is 0.156. The maximum atomic E-state index is 12.8. The van der Waals surface area contributed by atoms with Gasteiger partial charge in [0.25, 0.3) is 11.8 Å². The number of amides is 2. The number of nitrogens with one attached hydrogen (secondary N) is 2. The first kappa shape index (κ1) is 24.0. The van der Waals surface area contributed by atoms with E-state index >= 15 is 0 Å². The fourth-order valence-electron chi connectivity index (χ4n) is 3.26. The molecular formula is C27H30N2O4. The standard InChI is InChI=1S/C27H30N2O4/c1-3-32-15-7-14-28-26(30)22-10-5-12-24(17-22)29-27(31)23-11-6-13-25(18-23)33-19-21-9-4-8-20(2)16-21/h4-6,8-13,16-18H,3,7,14-15,19H2,1-2H3,(H,28,30)(H,29,31). The number of ether oxygens (including phenoxy) is 2. The van der Waals surface area contributed by atoms with Crippen molar-refractivity contribution in [2.75, 3.05) is 25.1 Å². The molecule has 2 N–H and O–H groups in total. The number of benzene rings is 3. The van der Waals surface area contributed by atoms with Gasteiger partial charge in [-0.05, 0) is 62.2 Å². The van der Waals surface area contributed by atoms with E-state index in [2.05, 4.69) is 16.7 Å². The number of rotatable bonds is 11. The summed E-state index contributed by atoms with van der Waals surface area (Å²) in [5.41, 5.74) is 3.75. The molecule has 172 valence electrons. The molecule has 3 aromatic carbocycles. The van der Waals surface area contributed by atoms with Gasteiger partial charge in [0, 0.05) is 36.6 Å². The van der Waals surface area contributed by atoms with Gasteiger partial charge in [0.1, 0.15) is 12.4 Å². The molecule has 0 atom stereocenters.